The third kappa shape index (κ3) is 2.33. The maximum absolute atomic E-state index is 11.7. The van der Waals surface area contributed by atoms with Crippen LogP contribution in [-0.4, -0.2) is 41.9 Å². The quantitative estimate of drug-likeness (QED) is 0.701. The molecular weight excluding hydrogens is 212 g/mol. The Labute approximate surface area is 94.0 Å². The molecule has 0 radical (unpaired) electrons. The Kier molecular flexibility index (Phi) is 3.54. The summed E-state index contributed by atoms with van der Waals surface area (Å²) in [5.41, 5.74) is 4.30. The van der Waals surface area contributed by atoms with Gasteiger partial charge in [0.2, 0.25) is 5.91 Å². The predicted molar refractivity (Wildman–Crippen MR) is 56.4 cm³/mol. The Bertz CT molecular complexity index is 314. The summed E-state index contributed by atoms with van der Waals surface area (Å²) < 4.78 is 10.2. The zero-order chi connectivity index (χ0) is 12.3. The second-order valence-electron chi connectivity index (χ2n) is 3.91. The van der Waals surface area contributed by atoms with Crippen LogP contribution in [0.15, 0.2) is 12.7 Å². The average Bonchev–Trinajstić information content (AvgIpc) is 2.50. The zero-order valence-corrected chi connectivity index (χ0v) is 9.43. The summed E-state index contributed by atoms with van der Waals surface area (Å²) in [6.45, 7) is 6.94. The lowest BCUT2D eigenvalue weighted by Crippen LogP contribution is -2.52. The molecule has 16 heavy (non-hydrogen) atoms. The molecule has 0 aromatic carbocycles. The molecule has 1 aliphatic rings. The van der Waals surface area contributed by atoms with E-state index in [0.29, 0.717) is 0 Å². The predicted octanol–water partition coefficient (Wildman–Crippen LogP) is 0.231. The van der Waals surface area contributed by atoms with Gasteiger partial charge in [-0.15, -0.1) is 0 Å². The molecule has 0 aromatic heterocycles. The third-order valence-corrected chi connectivity index (χ3v) is 2.34. The molecule has 6 heteroatoms. The van der Waals surface area contributed by atoms with Crippen LogP contribution in [-0.2, 0) is 14.3 Å². The fourth-order valence-electron chi connectivity index (χ4n) is 1.56. The summed E-state index contributed by atoms with van der Waals surface area (Å²) in [5.74, 6) is -0.610. The lowest BCUT2D eigenvalue weighted by molar-refractivity contribution is -0.122. The summed E-state index contributed by atoms with van der Waals surface area (Å²) in [5, 5.41) is 0. The molecule has 2 N–H and O–H groups in total. The molecule has 1 aliphatic heterocycles. The van der Waals surface area contributed by atoms with E-state index in [1.54, 1.807) is 13.8 Å². The summed E-state index contributed by atoms with van der Waals surface area (Å²) in [6.07, 6.45) is 0.812. The van der Waals surface area contributed by atoms with Crippen molar-refractivity contribution in [2.45, 2.75) is 25.6 Å². The van der Waals surface area contributed by atoms with E-state index in [4.69, 9.17) is 15.2 Å². The van der Waals surface area contributed by atoms with Gasteiger partial charge in [0.15, 0.2) is 0 Å². The van der Waals surface area contributed by atoms with Gasteiger partial charge in [-0.25, -0.2) is 4.79 Å². The largest absolute Gasteiger partial charge is 0.445 e. The lowest BCUT2D eigenvalue weighted by Gasteiger charge is -2.31. The fraction of sp³-hybridized carbons (Fsp3) is 0.600. The van der Waals surface area contributed by atoms with E-state index in [0.717, 1.165) is 0 Å². The fourth-order valence-corrected chi connectivity index (χ4v) is 1.56. The SMILES string of the molecule is C=CCOC(=O)N1C(C(N)=O)COC1(C)C. The van der Waals surface area contributed by atoms with Gasteiger partial charge in [-0.1, -0.05) is 12.7 Å². The van der Waals surface area contributed by atoms with Gasteiger partial charge in [-0.05, 0) is 13.8 Å². The van der Waals surface area contributed by atoms with Crippen LogP contribution in [0.4, 0.5) is 4.79 Å². The summed E-state index contributed by atoms with van der Waals surface area (Å²) >= 11 is 0. The van der Waals surface area contributed by atoms with Crippen molar-refractivity contribution in [2.75, 3.05) is 13.2 Å². The minimum Gasteiger partial charge on any atom is -0.445 e. The van der Waals surface area contributed by atoms with Crippen LogP contribution in [0, 0.1) is 0 Å². The van der Waals surface area contributed by atoms with Crippen molar-refractivity contribution in [1.29, 1.82) is 0 Å². The van der Waals surface area contributed by atoms with Gasteiger partial charge in [0.25, 0.3) is 0 Å². The molecule has 0 aromatic rings. The summed E-state index contributed by atoms with van der Waals surface area (Å²) in [4.78, 5) is 24.1. The molecule has 6 nitrogen and oxygen atoms in total. The van der Waals surface area contributed by atoms with E-state index in [2.05, 4.69) is 6.58 Å². The molecule has 0 aliphatic carbocycles. The highest BCUT2D eigenvalue weighted by Gasteiger charge is 2.47. The van der Waals surface area contributed by atoms with Gasteiger partial charge in [0, 0.05) is 0 Å². The van der Waals surface area contributed by atoms with Crippen molar-refractivity contribution >= 4 is 12.0 Å². The molecule has 90 valence electrons. The Balaban J connectivity index is 2.82. The number of amides is 2. The first-order valence-electron chi connectivity index (χ1n) is 4.90. The van der Waals surface area contributed by atoms with Crippen LogP contribution in [0.25, 0.3) is 0 Å². The van der Waals surface area contributed by atoms with Gasteiger partial charge < -0.3 is 15.2 Å². The van der Waals surface area contributed by atoms with Crippen LogP contribution in [0.3, 0.4) is 0 Å². The van der Waals surface area contributed by atoms with Crippen molar-refractivity contribution in [1.82, 2.24) is 4.90 Å². The number of hydrogen-bond acceptors (Lipinski definition) is 4. The van der Waals surface area contributed by atoms with E-state index in [-0.39, 0.29) is 13.2 Å². The van der Waals surface area contributed by atoms with Crippen LogP contribution in [0.5, 0.6) is 0 Å². The first-order valence-corrected chi connectivity index (χ1v) is 4.90. The van der Waals surface area contributed by atoms with Crippen molar-refractivity contribution in [3.8, 4) is 0 Å². The smallest absolute Gasteiger partial charge is 0.413 e. The number of nitrogens with zero attached hydrogens (tertiary/aromatic N) is 1. The molecule has 2 amide bonds. The topological polar surface area (TPSA) is 81.9 Å². The first-order chi connectivity index (χ1) is 7.40. The lowest BCUT2D eigenvalue weighted by atomic mass is 10.2. The zero-order valence-electron chi connectivity index (χ0n) is 9.43. The second-order valence-corrected chi connectivity index (χ2v) is 3.91. The molecule has 1 saturated heterocycles. The minimum atomic E-state index is -0.891. The van der Waals surface area contributed by atoms with E-state index in [1.807, 2.05) is 0 Å². The molecule has 0 saturated carbocycles. The minimum absolute atomic E-state index is 0.0803. The van der Waals surface area contributed by atoms with Crippen molar-refractivity contribution in [3.05, 3.63) is 12.7 Å². The Hall–Kier alpha value is -1.56. The van der Waals surface area contributed by atoms with Crippen LogP contribution >= 0.6 is 0 Å². The summed E-state index contributed by atoms with van der Waals surface area (Å²) in [7, 11) is 0. The standard InChI is InChI=1S/C10H16N2O4/c1-4-5-15-9(14)12-7(8(11)13)6-16-10(12,2)3/h4,7H,1,5-6H2,2-3H3,(H2,11,13). The highest BCUT2D eigenvalue weighted by Crippen LogP contribution is 2.27. The summed E-state index contributed by atoms with van der Waals surface area (Å²) in [6, 6.07) is -0.785. The number of hydrogen-bond donors (Lipinski definition) is 1. The first kappa shape index (κ1) is 12.5. The number of primary amides is 1. The van der Waals surface area contributed by atoms with Crippen LogP contribution in [0.2, 0.25) is 0 Å². The van der Waals surface area contributed by atoms with Crippen molar-refractivity contribution in [3.63, 3.8) is 0 Å². The normalized spacial score (nSPS) is 22.9. The maximum Gasteiger partial charge on any atom is 0.413 e. The molecule has 1 unspecified atom stereocenters. The average molecular weight is 228 g/mol. The molecule has 0 spiro atoms. The van der Waals surface area contributed by atoms with Crippen molar-refractivity contribution in [2.24, 2.45) is 5.73 Å². The van der Waals surface area contributed by atoms with Crippen molar-refractivity contribution < 1.29 is 19.1 Å². The van der Waals surface area contributed by atoms with E-state index in [1.165, 1.54) is 11.0 Å². The number of nitrogens with two attached hydrogens (primary N) is 1. The van der Waals surface area contributed by atoms with E-state index < -0.39 is 23.8 Å². The highest BCUT2D eigenvalue weighted by molar-refractivity contribution is 5.85. The highest BCUT2D eigenvalue weighted by atomic mass is 16.6. The number of carbonyl (C=O) groups excluding carboxylic acids is 2. The molecule has 1 fully saturated rings. The number of carbonyl (C=O) groups is 2. The number of rotatable bonds is 3. The van der Waals surface area contributed by atoms with Gasteiger partial charge in [-0.3, -0.25) is 9.69 Å². The monoisotopic (exact) mass is 228 g/mol. The van der Waals surface area contributed by atoms with Gasteiger partial charge in [0.05, 0.1) is 6.61 Å². The Morgan fingerprint density at radius 1 is 1.69 bits per heavy atom. The molecule has 1 atom stereocenters. The Morgan fingerprint density at radius 2 is 2.31 bits per heavy atom. The molecular formula is C10H16N2O4. The molecule has 1 rings (SSSR count). The van der Waals surface area contributed by atoms with Crippen LogP contribution in [0.1, 0.15) is 13.8 Å². The van der Waals surface area contributed by atoms with Gasteiger partial charge in [0.1, 0.15) is 18.4 Å². The van der Waals surface area contributed by atoms with Gasteiger partial charge >= 0.3 is 6.09 Å². The van der Waals surface area contributed by atoms with Gasteiger partial charge in [-0.2, -0.15) is 0 Å². The van der Waals surface area contributed by atoms with E-state index in [9.17, 15) is 9.59 Å². The molecule has 1 heterocycles. The van der Waals surface area contributed by atoms with E-state index >= 15 is 0 Å². The maximum atomic E-state index is 11.7. The molecule has 0 bridgehead atoms. The Morgan fingerprint density at radius 3 is 2.81 bits per heavy atom. The van der Waals surface area contributed by atoms with Crippen LogP contribution < -0.4 is 5.73 Å². The number of ether oxygens (including phenoxy) is 2. The third-order valence-electron chi connectivity index (χ3n) is 2.34. The second kappa shape index (κ2) is 4.52.